The Morgan fingerprint density at radius 1 is 1.43 bits per heavy atom. The van der Waals surface area contributed by atoms with Crippen molar-refractivity contribution in [2.75, 3.05) is 7.05 Å². The first-order valence-corrected chi connectivity index (χ1v) is 4.13. The molecule has 0 heterocycles. The molecule has 0 aliphatic rings. The molecule has 0 fully saturated rings. The average Bonchev–Trinajstić information content (AvgIpc) is 2.15. The number of hydrazine groups is 1. The molecule has 0 radical (unpaired) electrons. The minimum absolute atomic E-state index is 0.0799. The molecule has 6 heteroatoms. The Balaban J connectivity index is 3.11. The lowest BCUT2D eigenvalue weighted by molar-refractivity contribution is 0.0937. The van der Waals surface area contributed by atoms with E-state index in [1.54, 1.807) is 0 Å². The molecule has 1 amide bonds. The van der Waals surface area contributed by atoms with E-state index in [0.717, 1.165) is 0 Å². The Morgan fingerprint density at radius 3 is 2.64 bits per heavy atom. The fourth-order valence-corrected chi connectivity index (χ4v) is 1.16. The molecule has 4 N–H and O–H groups in total. The van der Waals surface area contributed by atoms with Crippen molar-refractivity contribution in [3.05, 3.63) is 22.7 Å². The molecule has 0 unspecified atom stereocenters. The van der Waals surface area contributed by atoms with Gasteiger partial charge in [0.05, 0.1) is 10.6 Å². The van der Waals surface area contributed by atoms with E-state index >= 15 is 0 Å². The zero-order valence-corrected chi connectivity index (χ0v) is 8.09. The van der Waals surface area contributed by atoms with Gasteiger partial charge in [-0.2, -0.15) is 0 Å². The SMILES string of the molecule is CNNC(=O)c1ccc(O)c(O)c1Cl. The molecule has 0 aliphatic carbocycles. The molecule has 1 aromatic rings. The first kappa shape index (κ1) is 10.6. The van der Waals surface area contributed by atoms with E-state index in [0.29, 0.717) is 0 Å². The predicted octanol–water partition coefficient (Wildman–Crippen LogP) is 0.615. The van der Waals surface area contributed by atoms with Crippen LogP contribution in [0.4, 0.5) is 0 Å². The lowest BCUT2D eigenvalue weighted by atomic mass is 10.2. The Labute approximate surface area is 85.3 Å². The number of phenolic OH excluding ortho intramolecular Hbond substituents is 2. The Morgan fingerprint density at radius 2 is 2.07 bits per heavy atom. The van der Waals surface area contributed by atoms with Gasteiger partial charge in [-0.15, -0.1) is 0 Å². The lowest BCUT2D eigenvalue weighted by Crippen LogP contribution is -2.34. The van der Waals surface area contributed by atoms with Crippen LogP contribution in [0.25, 0.3) is 0 Å². The summed E-state index contributed by atoms with van der Waals surface area (Å²) in [6, 6.07) is 2.50. The molecule has 1 aromatic carbocycles. The summed E-state index contributed by atoms with van der Waals surface area (Å²) in [4.78, 5) is 11.3. The maximum atomic E-state index is 11.3. The number of amides is 1. The zero-order valence-electron chi connectivity index (χ0n) is 7.34. The number of hydrogen-bond acceptors (Lipinski definition) is 4. The first-order valence-electron chi connectivity index (χ1n) is 3.75. The van der Waals surface area contributed by atoms with Crippen LogP contribution in [0.15, 0.2) is 12.1 Å². The zero-order chi connectivity index (χ0) is 10.7. The van der Waals surface area contributed by atoms with Crippen LogP contribution in [-0.2, 0) is 0 Å². The highest BCUT2D eigenvalue weighted by molar-refractivity contribution is 6.35. The van der Waals surface area contributed by atoms with E-state index in [2.05, 4.69) is 10.9 Å². The topological polar surface area (TPSA) is 81.6 Å². The molecule has 0 aliphatic heterocycles. The molecule has 0 spiro atoms. The van der Waals surface area contributed by atoms with Crippen molar-refractivity contribution in [2.24, 2.45) is 0 Å². The molecule has 0 saturated carbocycles. The molecule has 0 aromatic heterocycles. The highest BCUT2D eigenvalue weighted by Crippen LogP contribution is 2.35. The van der Waals surface area contributed by atoms with Gasteiger partial charge in [0.25, 0.3) is 5.91 Å². The van der Waals surface area contributed by atoms with Gasteiger partial charge in [-0.25, -0.2) is 5.43 Å². The number of phenols is 2. The van der Waals surface area contributed by atoms with Crippen molar-refractivity contribution in [2.45, 2.75) is 0 Å². The van der Waals surface area contributed by atoms with Gasteiger partial charge < -0.3 is 10.2 Å². The van der Waals surface area contributed by atoms with Gasteiger partial charge >= 0.3 is 0 Å². The highest BCUT2D eigenvalue weighted by atomic mass is 35.5. The van der Waals surface area contributed by atoms with Gasteiger partial charge in [-0.05, 0) is 12.1 Å². The third-order valence-electron chi connectivity index (χ3n) is 1.58. The van der Waals surface area contributed by atoms with Crippen LogP contribution in [0.5, 0.6) is 11.5 Å². The summed E-state index contributed by atoms with van der Waals surface area (Å²) in [5.74, 6) is -1.36. The molecule has 1 rings (SSSR count). The van der Waals surface area contributed by atoms with Crippen LogP contribution in [0.1, 0.15) is 10.4 Å². The van der Waals surface area contributed by atoms with Crippen molar-refractivity contribution >= 4 is 17.5 Å². The van der Waals surface area contributed by atoms with Gasteiger partial charge in [0.1, 0.15) is 0 Å². The fraction of sp³-hybridized carbons (Fsp3) is 0.125. The van der Waals surface area contributed by atoms with Gasteiger partial charge in [-0.1, -0.05) is 11.6 Å². The number of aromatic hydroxyl groups is 2. The monoisotopic (exact) mass is 216 g/mol. The van der Waals surface area contributed by atoms with Crippen molar-refractivity contribution in [1.29, 1.82) is 0 Å². The minimum atomic E-state index is -0.504. The number of carbonyl (C=O) groups is 1. The number of halogens is 1. The predicted molar refractivity (Wildman–Crippen MR) is 51.3 cm³/mol. The summed E-state index contributed by atoms with van der Waals surface area (Å²) in [6.45, 7) is 0. The summed E-state index contributed by atoms with van der Waals surface area (Å²) in [5, 5.41) is 18.1. The van der Waals surface area contributed by atoms with E-state index in [9.17, 15) is 9.90 Å². The molecule has 0 bridgehead atoms. The molecule has 76 valence electrons. The van der Waals surface area contributed by atoms with Crippen LogP contribution in [-0.4, -0.2) is 23.2 Å². The van der Waals surface area contributed by atoms with Crippen molar-refractivity contribution in [3.8, 4) is 11.5 Å². The summed E-state index contributed by atoms with van der Waals surface area (Å²) in [7, 11) is 1.52. The van der Waals surface area contributed by atoms with E-state index in [4.69, 9.17) is 16.7 Å². The van der Waals surface area contributed by atoms with Crippen LogP contribution in [0.3, 0.4) is 0 Å². The summed E-state index contributed by atoms with van der Waals surface area (Å²) in [6.07, 6.45) is 0. The number of nitrogens with one attached hydrogen (secondary N) is 2. The maximum Gasteiger partial charge on any atom is 0.267 e. The molecule has 5 nitrogen and oxygen atoms in total. The fourth-order valence-electron chi connectivity index (χ4n) is 0.911. The second-order valence-electron chi connectivity index (χ2n) is 2.50. The largest absolute Gasteiger partial charge is 0.504 e. The summed E-state index contributed by atoms with van der Waals surface area (Å²) < 4.78 is 0. The lowest BCUT2D eigenvalue weighted by Gasteiger charge is -2.07. The van der Waals surface area contributed by atoms with Crippen molar-refractivity contribution in [3.63, 3.8) is 0 Å². The molecule has 0 atom stereocenters. The Kier molecular flexibility index (Phi) is 3.16. The number of rotatable bonds is 2. The standard InChI is InChI=1S/C8H9ClN2O3/c1-10-11-8(14)4-2-3-5(12)7(13)6(4)9/h2-3,10,12-13H,1H3,(H,11,14). The molecular formula is C8H9ClN2O3. The van der Waals surface area contributed by atoms with Gasteiger partial charge in [0.2, 0.25) is 0 Å². The number of hydrogen-bond donors (Lipinski definition) is 4. The molecule has 14 heavy (non-hydrogen) atoms. The van der Waals surface area contributed by atoms with E-state index in [1.165, 1.54) is 19.2 Å². The van der Waals surface area contributed by atoms with Crippen molar-refractivity contribution < 1.29 is 15.0 Å². The van der Waals surface area contributed by atoms with Crippen LogP contribution >= 0.6 is 11.6 Å². The van der Waals surface area contributed by atoms with Crippen molar-refractivity contribution in [1.82, 2.24) is 10.9 Å². The van der Waals surface area contributed by atoms with Gasteiger partial charge in [0, 0.05) is 7.05 Å². The Bertz CT molecular complexity index is 368. The van der Waals surface area contributed by atoms with E-state index in [-0.39, 0.29) is 16.3 Å². The van der Waals surface area contributed by atoms with E-state index in [1.807, 2.05) is 0 Å². The maximum absolute atomic E-state index is 11.3. The van der Waals surface area contributed by atoms with E-state index < -0.39 is 11.7 Å². The smallest absolute Gasteiger partial charge is 0.267 e. The number of carbonyl (C=O) groups excluding carboxylic acids is 1. The van der Waals surface area contributed by atoms with Gasteiger partial charge in [-0.3, -0.25) is 10.2 Å². The third-order valence-corrected chi connectivity index (χ3v) is 1.96. The molecule has 0 saturated heterocycles. The Hall–Kier alpha value is -1.46. The van der Waals surface area contributed by atoms with Gasteiger partial charge in [0.15, 0.2) is 11.5 Å². The summed E-state index contributed by atoms with van der Waals surface area (Å²) in [5.41, 5.74) is 4.79. The normalized spacial score (nSPS) is 9.86. The summed E-state index contributed by atoms with van der Waals surface area (Å²) >= 11 is 5.63. The average molecular weight is 217 g/mol. The van der Waals surface area contributed by atoms with Crippen LogP contribution < -0.4 is 10.9 Å². The third kappa shape index (κ3) is 1.89. The quantitative estimate of drug-likeness (QED) is 0.432. The highest BCUT2D eigenvalue weighted by Gasteiger charge is 2.15. The first-order chi connectivity index (χ1) is 6.57. The van der Waals surface area contributed by atoms with Crippen LogP contribution in [0.2, 0.25) is 5.02 Å². The second kappa shape index (κ2) is 4.17. The minimum Gasteiger partial charge on any atom is -0.504 e. The second-order valence-corrected chi connectivity index (χ2v) is 2.88. The molecular weight excluding hydrogens is 208 g/mol. The van der Waals surface area contributed by atoms with Crippen LogP contribution in [0, 0.1) is 0 Å². The number of benzene rings is 1.